The first-order chi connectivity index (χ1) is 9.37. The summed E-state index contributed by atoms with van der Waals surface area (Å²) in [4.78, 5) is 2.16. The van der Waals surface area contributed by atoms with E-state index in [0.29, 0.717) is 36.8 Å². The van der Waals surface area contributed by atoms with Crippen molar-refractivity contribution in [1.82, 2.24) is 9.21 Å². The van der Waals surface area contributed by atoms with E-state index in [9.17, 15) is 8.42 Å². The lowest BCUT2D eigenvalue weighted by Gasteiger charge is -2.31. The molecule has 0 saturated carbocycles. The summed E-state index contributed by atoms with van der Waals surface area (Å²) in [7, 11) is -1.64. The molecule has 0 bridgehead atoms. The fraction of sp³-hybridized carbons (Fsp3) is 0.500. The second-order valence-electron chi connectivity index (χ2n) is 4.75. The Labute approximate surface area is 129 Å². The van der Waals surface area contributed by atoms with Crippen molar-refractivity contribution in [3.8, 4) is 0 Å². The van der Waals surface area contributed by atoms with Crippen molar-refractivity contribution in [2.75, 3.05) is 33.2 Å². The van der Waals surface area contributed by atoms with Crippen molar-refractivity contribution in [3.63, 3.8) is 0 Å². The van der Waals surface area contributed by atoms with Crippen LogP contribution in [0.4, 0.5) is 0 Å². The topological polar surface area (TPSA) is 66.6 Å². The van der Waals surface area contributed by atoms with Crippen LogP contribution in [0.1, 0.15) is 5.56 Å². The van der Waals surface area contributed by atoms with Gasteiger partial charge in [0.15, 0.2) is 0 Å². The highest BCUT2D eigenvalue weighted by Crippen LogP contribution is 2.32. The van der Waals surface area contributed by atoms with Gasteiger partial charge in [-0.05, 0) is 19.2 Å². The largest absolute Gasteiger partial charge is 0.326 e. The fourth-order valence-electron chi connectivity index (χ4n) is 2.13. The first-order valence-corrected chi connectivity index (χ1v) is 8.43. The lowest BCUT2D eigenvalue weighted by atomic mass is 10.2. The molecule has 0 aromatic heterocycles. The van der Waals surface area contributed by atoms with Crippen molar-refractivity contribution in [2.24, 2.45) is 5.73 Å². The van der Waals surface area contributed by atoms with E-state index >= 15 is 0 Å². The van der Waals surface area contributed by atoms with Gasteiger partial charge in [0.1, 0.15) is 4.90 Å². The van der Waals surface area contributed by atoms with Gasteiger partial charge in [0.25, 0.3) is 0 Å². The van der Waals surface area contributed by atoms with Gasteiger partial charge < -0.3 is 10.6 Å². The monoisotopic (exact) mass is 337 g/mol. The molecule has 20 heavy (non-hydrogen) atoms. The molecule has 0 unspecified atom stereocenters. The number of nitrogens with zero attached hydrogens (tertiary/aromatic N) is 2. The predicted molar refractivity (Wildman–Crippen MR) is 80.6 cm³/mol. The van der Waals surface area contributed by atoms with Gasteiger partial charge in [-0.1, -0.05) is 23.2 Å². The van der Waals surface area contributed by atoms with E-state index in [1.807, 2.05) is 7.05 Å². The summed E-state index contributed by atoms with van der Waals surface area (Å²) in [6.07, 6.45) is 0. The summed E-state index contributed by atoms with van der Waals surface area (Å²) in [6.45, 7) is 2.41. The highest BCUT2D eigenvalue weighted by molar-refractivity contribution is 7.89. The Morgan fingerprint density at radius 2 is 1.80 bits per heavy atom. The Kier molecular flexibility index (Phi) is 4.94. The molecule has 1 aromatic rings. The van der Waals surface area contributed by atoms with Gasteiger partial charge in [0.05, 0.1) is 5.02 Å². The van der Waals surface area contributed by atoms with Crippen LogP contribution in [0.3, 0.4) is 0 Å². The molecular formula is C12H17Cl2N3O2S. The summed E-state index contributed by atoms with van der Waals surface area (Å²) in [5, 5.41) is 0.508. The summed E-state index contributed by atoms with van der Waals surface area (Å²) in [6, 6.07) is 2.97. The number of hydrogen-bond donors (Lipinski definition) is 1. The first kappa shape index (κ1) is 16.0. The molecule has 0 amide bonds. The number of benzene rings is 1. The Morgan fingerprint density at radius 3 is 2.35 bits per heavy atom. The smallest absolute Gasteiger partial charge is 0.244 e. The number of piperazine rings is 1. The molecular weight excluding hydrogens is 321 g/mol. The average molecular weight is 338 g/mol. The van der Waals surface area contributed by atoms with Crippen LogP contribution < -0.4 is 5.73 Å². The predicted octanol–water partition coefficient (Wildman–Crippen LogP) is 1.39. The fourth-order valence-corrected chi connectivity index (χ4v) is 4.46. The Balaban J connectivity index is 2.40. The van der Waals surface area contributed by atoms with E-state index in [-0.39, 0.29) is 16.5 Å². The standard InChI is InChI=1S/C12H17Cl2N3O2S/c1-16-4-6-17(7-5-16)20(18,19)11-3-2-10(13)9(8-15)12(11)14/h2-3H,4-8,15H2,1H3. The Hall–Kier alpha value is -0.370. The second-order valence-corrected chi connectivity index (χ2v) is 7.44. The van der Waals surface area contributed by atoms with E-state index in [4.69, 9.17) is 28.9 Å². The molecule has 8 heteroatoms. The molecule has 1 heterocycles. The van der Waals surface area contributed by atoms with Crippen LogP contribution in [-0.4, -0.2) is 50.8 Å². The van der Waals surface area contributed by atoms with Gasteiger partial charge in [0.2, 0.25) is 10.0 Å². The molecule has 1 aromatic carbocycles. The number of nitrogens with two attached hydrogens (primary N) is 1. The molecule has 1 saturated heterocycles. The summed E-state index contributed by atoms with van der Waals surface area (Å²) in [5.41, 5.74) is 6.04. The van der Waals surface area contributed by atoms with Crippen molar-refractivity contribution >= 4 is 33.2 Å². The van der Waals surface area contributed by atoms with Crippen LogP contribution >= 0.6 is 23.2 Å². The lowest BCUT2D eigenvalue weighted by Crippen LogP contribution is -2.47. The van der Waals surface area contributed by atoms with Gasteiger partial charge in [-0.15, -0.1) is 0 Å². The lowest BCUT2D eigenvalue weighted by molar-refractivity contribution is 0.222. The third-order valence-corrected chi connectivity index (χ3v) is 6.27. The minimum atomic E-state index is -3.60. The highest BCUT2D eigenvalue weighted by Gasteiger charge is 2.30. The maximum Gasteiger partial charge on any atom is 0.244 e. The van der Waals surface area contributed by atoms with Crippen LogP contribution in [0.5, 0.6) is 0 Å². The molecule has 0 atom stereocenters. The molecule has 0 spiro atoms. The zero-order valence-electron chi connectivity index (χ0n) is 11.1. The molecule has 0 radical (unpaired) electrons. The first-order valence-electron chi connectivity index (χ1n) is 6.23. The van der Waals surface area contributed by atoms with Crippen molar-refractivity contribution < 1.29 is 8.42 Å². The van der Waals surface area contributed by atoms with Gasteiger partial charge in [-0.2, -0.15) is 4.31 Å². The van der Waals surface area contributed by atoms with Gasteiger partial charge in [0, 0.05) is 43.3 Å². The molecule has 1 fully saturated rings. The normalized spacial score (nSPS) is 18.4. The number of hydrogen-bond acceptors (Lipinski definition) is 4. The van der Waals surface area contributed by atoms with E-state index in [1.165, 1.54) is 16.4 Å². The summed E-state index contributed by atoms with van der Waals surface area (Å²) < 4.78 is 26.7. The highest BCUT2D eigenvalue weighted by atomic mass is 35.5. The van der Waals surface area contributed by atoms with Crippen LogP contribution in [0.2, 0.25) is 10.0 Å². The summed E-state index contributed by atoms with van der Waals surface area (Å²) >= 11 is 12.1. The van der Waals surface area contributed by atoms with E-state index < -0.39 is 10.0 Å². The van der Waals surface area contributed by atoms with Crippen LogP contribution in [0.15, 0.2) is 17.0 Å². The minimum absolute atomic E-state index is 0.0774. The molecule has 2 rings (SSSR count). The van der Waals surface area contributed by atoms with E-state index in [0.717, 1.165) is 0 Å². The third kappa shape index (κ3) is 2.95. The third-order valence-electron chi connectivity index (χ3n) is 3.43. The second kappa shape index (κ2) is 6.17. The van der Waals surface area contributed by atoms with E-state index in [1.54, 1.807) is 0 Å². The Morgan fingerprint density at radius 1 is 1.20 bits per heavy atom. The van der Waals surface area contributed by atoms with Crippen LogP contribution in [-0.2, 0) is 16.6 Å². The van der Waals surface area contributed by atoms with Crippen molar-refractivity contribution in [3.05, 3.63) is 27.7 Å². The summed E-state index contributed by atoms with van der Waals surface area (Å²) in [5.74, 6) is 0. The SMILES string of the molecule is CN1CCN(S(=O)(=O)c2ccc(Cl)c(CN)c2Cl)CC1. The van der Waals surface area contributed by atoms with E-state index in [2.05, 4.69) is 4.90 Å². The van der Waals surface area contributed by atoms with Crippen molar-refractivity contribution in [1.29, 1.82) is 0 Å². The minimum Gasteiger partial charge on any atom is -0.326 e. The van der Waals surface area contributed by atoms with Gasteiger partial charge in [-0.25, -0.2) is 8.42 Å². The van der Waals surface area contributed by atoms with Gasteiger partial charge >= 0.3 is 0 Å². The number of sulfonamides is 1. The molecule has 5 nitrogen and oxygen atoms in total. The van der Waals surface area contributed by atoms with Crippen molar-refractivity contribution in [2.45, 2.75) is 11.4 Å². The number of halogens is 2. The zero-order chi connectivity index (χ0) is 14.9. The maximum atomic E-state index is 12.6. The zero-order valence-corrected chi connectivity index (χ0v) is 13.5. The molecule has 1 aliphatic rings. The molecule has 2 N–H and O–H groups in total. The van der Waals surface area contributed by atoms with Crippen LogP contribution in [0.25, 0.3) is 0 Å². The quantitative estimate of drug-likeness (QED) is 0.904. The average Bonchev–Trinajstić information content (AvgIpc) is 2.39. The number of rotatable bonds is 3. The maximum absolute atomic E-state index is 12.6. The van der Waals surface area contributed by atoms with Gasteiger partial charge in [-0.3, -0.25) is 0 Å². The molecule has 0 aliphatic carbocycles. The van der Waals surface area contributed by atoms with Crippen LogP contribution in [0, 0.1) is 0 Å². The molecule has 112 valence electrons. The Bertz CT molecular complexity index is 599. The number of likely N-dealkylation sites (N-methyl/N-ethyl adjacent to an activating group) is 1. The molecule has 1 aliphatic heterocycles.